The van der Waals surface area contributed by atoms with Crippen molar-refractivity contribution in [2.75, 3.05) is 0 Å². The predicted octanol–water partition coefficient (Wildman–Crippen LogP) is 1.73. The van der Waals surface area contributed by atoms with Crippen molar-refractivity contribution in [3.63, 3.8) is 0 Å². The third-order valence-corrected chi connectivity index (χ3v) is 2.28. The summed E-state index contributed by atoms with van der Waals surface area (Å²) >= 11 is 0. The van der Waals surface area contributed by atoms with Crippen molar-refractivity contribution in [2.24, 2.45) is 0 Å². The Bertz CT molecular complexity index is 448. The number of carboxylic acids is 2. The smallest absolute Gasteiger partial charge is 0.339 e. The summed E-state index contributed by atoms with van der Waals surface area (Å²) in [7, 11) is 0. The Labute approximate surface area is 104 Å². The first kappa shape index (κ1) is 15.6. The molecule has 0 atom stereocenters. The summed E-state index contributed by atoms with van der Waals surface area (Å²) < 4.78 is 0. The molecule has 5 heteroatoms. The summed E-state index contributed by atoms with van der Waals surface area (Å²) in [6.45, 7) is 9.46. The van der Waals surface area contributed by atoms with Crippen LogP contribution in [0, 0.1) is 0 Å². The number of carboxylic acid groups (broad SMARTS) is 2. The Morgan fingerprint density at radius 1 is 0.833 bits per heavy atom. The lowest BCUT2D eigenvalue weighted by molar-refractivity contribution is -0.135. The average Bonchev–Trinajstić information content (AvgIpc) is 2.27. The molecule has 0 aliphatic heterocycles. The number of allylic oxidation sites excluding steroid dienone is 4. The van der Waals surface area contributed by atoms with Gasteiger partial charge in [0.05, 0.1) is 0 Å². The van der Waals surface area contributed by atoms with Crippen LogP contribution in [-0.4, -0.2) is 27.9 Å². The van der Waals surface area contributed by atoms with Crippen LogP contribution in [-0.2, 0) is 14.4 Å². The number of hydrogen-bond acceptors (Lipinski definition) is 3. The van der Waals surface area contributed by atoms with E-state index in [-0.39, 0.29) is 11.1 Å². The van der Waals surface area contributed by atoms with E-state index >= 15 is 0 Å². The van der Waals surface area contributed by atoms with Crippen molar-refractivity contribution in [1.82, 2.24) is 0 Å². The van der Waals surface area contributed by atoms with Gasteiger partial charge >= 0.3 is 11.9 Å². The minimum Gasteiger partial charge on any atom is -0.478 e. The zero-order valence-corrected chi connectivity index (χ0v) is 10.2. The summed E-state index contributed by atoms with van der Waals surface area (Å²) in [6, 6.07) is 0. The van der Waals surface area contributed by atoms with Gasteiger partial charge in [0, 0.05) is 0 Å². The number of rotatable bonds is 6. The molecule has 0 aliphatic carbocycles. The highest BCUT2D eigenvalue weighted by atomic mass is 16.4. The van der Waals surface area contributed by atoms with E-state index in [0.717, 1.165) is 0 Å². The summed E-state index contributed by atoms with van der Waals surface area (Å²) in [6.07, 6.45) is 2.37. The van der Waals surface area contributed by atoms with Crippen molar-refractivity contribution in [2.45, 2.75) is 13.8 Å². The van der Waals surface area contributed by atoms with E-state index in [4.69, 9.17) is 10.2 Å². The van der Waals surface area contributed by atoms with Gasteiger partial charge in [0.2, 0.25) is 5.78 Å². The van der Waals surface area contributed by atoms with Crippen molar-refractivity contribution in [3.8, 4) is 0 Å². The Morgan fingerprint density at radius 2 is 1.11 bits per heavy atom. The fourth-order valence-electron chi connectivity index (χ4n) is 1.22. The highest BCUT2D eigenvalue weighted by molar-refractivity contribution is 6.32. The first-order chi connectivity index (χ1) is 8.27. The quantitative estimate of drug-likeness (QED) is 0.324. The summed E-state index contributed by atoms with van der Waals surface area (Å²) in [5, 5.41) is 17.9. The van der Waals surface area contributed by atoms with E-state index in [2.05, 4.69) is 13.2 Å². The molecule has 0 aliphatic rings. The lowest BCUT2D eigenvalue weighted by Gasteiger charge is -2.07. The number of aliphatic carboxylic acids is 2. The van der Waals surface area contributed by atoms with Crippen molar-refractivity contribution in [1.29, 1.82) is 0 Å². The third kappa shape index (κ3) is 3.28. The maximum atomic E-state index is 12.0. The van der Waals surface area contributed by atoms with E-state index in [1.54, 1.807) is 0 Å². The fraction of sp³-hybridized carbons (Fsp3) is 0.154. The Kier molecular flexibility index (Phi) is 5.48. The van der Waals surface area contributed by atoms with Crippen LogP contribution in [0.4, 0.5) is 0 Å². The van der Waals surface area contributed by atoms with Crippen molar-refractivity contribution >= 4 is 17.7 Å². The van der Waals surface area contributed by atoms with Gasteiger partial charge in [0.15, 0.2) is 0 Å². The summed E-state index contributed by atoms with van der Waals surface area (Å²) in [5.74, 6) is -4.05. The maximum Gasteiger partial charge on any atom is 0.339 e. The van der Waals surface area contributed by atoms with Gasteiger partial charge in [-0.2, -0.15) is 0 Å². The van der Waals surface area contributed by atoms with Crippen LogP contribution in [0.5, 0.6) is 0 Å². The lowest BCUT2D eigenvalue weighted by Crippen LogP contribution is -2.21. The topological polar surface area (TPSA) is 91.7 Å². The Morgan fingerprint density at radius 3 is 1.28 bits per heavy atom. The van der Waals surface area contributed by atoms with E-state index in [0.29, 0.717) is 0 Å². The number of Topliss-reactive ketones (excluding diaryl/α,β-unsaturated/α-hetero) is 1. The molecule has 0 rings (SSSR count). The second-order valence-corrected chi connectivity index (χ2v) is 3.46. The van der Waals surface area contributed by atoms with Crippen LogP contribution >= 0.6 is 0 Å². The summed E-state index contributed by atoms with van der Waals surface area (Å²) in [4.78, 5) is 34.0. The van der Waals surface area contributed by atoms with Gasteiger partial charge in [-0.3, -0.25) is 4.79 Å². The highest BCUT2D eigenvalue weighted by Gasteiger charge is 2.28. The van der Waals surface area contributed by atoms with Gasteiger partial charge in [-0.25, -0.2) is 9.59 Å². The normalized spacial score (nSPS) is 13.0. The molecule has 0 aromatic rings. The number of carbonyl (C=O) groups is 3. The number of hydrogen-bond donors (Lipinski definition) is 2. The SMILES string of the molecule is C=CC(C)=C(C(=O)O)C(=O)C(C(=O)O)=C(C)C=C. The molecule has 0 aromatic heterocycles. The number of ketones is 1. The van der Waals surface area contributed by atoms with Crippen LogP contribution < -0.4 is 0 Å². The largest absolute Gasteiger partial charge is 0.478 e. The molecule has 0 saturated heterocycles. The van der Waals surface area contributed by atoms with Crippen LogP contribution in [0.15, 0.2) is 47.6 Å². The minimum absolute atomic E-state index is 0.100. The second-order valence-electron chi connectivity index (χ2n) is 3.46. The minimum atomic E-state index is -1.49. The molecule has 18 heavy (non-hydrogen) atoms. The molecule has 0 radical (unpaired) electrons. The van der Waals surface area contributed by atoms with Gasteiger partial charge in [0.25, 0.3) is 0 Å². The molecule has 0 heterocycles. The Balaban J connectivity index is 6.05. The van der Waals surface area contributed by atoms with Gasteiger partial charge < -0.3 is 10.2 Å². The van der Waals surface area contributed by atoms with Crippen LogP contribution in [0.2, 0.25) is 0 Å². The molecule has 0 bridgehead atoms. The maximum absolute atomic E-state index is 12.0. The van der Waals surface area contributed by atoms with E-state index in [9.17, 15) is 14.4 Å². The van der Waals surface area contributed by atoms with E-state index < -0.39 is 28.9 Å². The van der Waals surface area contributed by atoms with Crippen LogP contribution in [0.3, 0.4) is 0 Å². The molecular weight excluding hydrogens is 236 g/mol. The second kappa shape index (κ2) is 6.34. The molecule has 96 valence electrons. The molecule has 0 aromatic carbocycles. The predicted molar refractivity (Wildman–Crippen MR) is 66.1 cm³/mol. The standard InChI is InChI=1S/C13H14O5/c1-5-7(3)9(12(15)16)11(14)10(13(17)18)8(4)6-2/h5-6H,1-2H2,3-4H3,(H,15,16)(H,17,18). The van der Waals surface area contributed by atoms with Crippen molar-refractivity contribution < 1.29 is 24.6 Å². The van der Waals surface area contributed by atoms with Gasteiger partial charge in [-0.15, -0.1) is 0 Å². The third-order valence-electron chi connectivity index (χ3n) is 2.28. The highest BCUT2D eigenvalue weighted by Crippen LogP contribution is 2.16. The van der Waals surface area contributed by atoms with Gasteiger partial charge in [0.1, 0.15) is 11.1 Å². The molecule has 2 N–H and O–H groups in total. The van der Waals surface area contributed by atoms with Crippen molar-refractivity contribution in [3.05, 3.63) is 47.6 Å². The number of carbonyl (C=O) groups excluding carboxylic acids is 1. The lowest BCUT2D eigenvalue weighted by atomic mass is 9.96. The molecular formula is C13H14O5. The van der Waals surface area contributed by atoms with Crippen LogP contribution in [0.1, 0.15) is 13.8 Å². The zero-order valence-electron chi connectivity index (χ0n) is 10.2. The monoisotopic (exact) mass is 250 g/mol. The van der Waals surface area contributed by atoms with Gasteiger partial charge in [-0.1, -0.05) is 25.3 Å². The average molecular weight is 250 g/mol. The molecule has 0 saturated carbocycles. The molecule has 0 fully saturated rings. The molecule has 0 spiro atoms. The first-order valence-corrected chi connectivity index (χ1v) is 4.95. The van der Waals surface area contributed by atoms with E-state index in [1.807, 2.05) is 0 Å². The Hall–Kier alpha value is -2.43. The fourth-order valence-corrected chi connectivity index (χ4v) is 1.22. The molecule has 5 nitrogen and oxygen atoms in total. The van der Waals surface area contributed by atoms with Gasteiger partial charge in [-0.05, 0) is 25.0 Å². The van der Waals surface area contributed by atoms with Crippen LogP contribution in [0.25, 0.3) is 0 Å². The molecule has 0 amide bonds. The first-order valence-electron chi connectivity index (χ1n) is 4.95. The molecule has 0 unspecified atom stereocenters. The zero-order chi connectivity index (χ0) is 14.5. The summed E-state index contributed by atoms with van der Waals surface area (Å²) in [5.41, 5.74) is -1.02. The van der Waals surface area contributed by atoms with E-state index in [1.165, 1.54) is 26.0 Å².